The molecule has 4 heteroatoms. The highest BCUT2D eigenvalue weighted by Crippen LogP contribution is 2.25. The van der Waals surface area contributed by atoms with Crippen molar-refractivity contribution in [3.05, 3.63) is 24.3 Å². The summed E-state index contributed by atoms with van der Waals surface area (Å²) in [6.07, 6.45) is 5.26. The van der Waals surface area contributed by atoms with E-state index in [0.717, 1.165) is 24.6 Å². The van der Waals surface area contributed by atoms with Gasteiger partial charge in [0.2, 0.25) is 0 Å². The highest BCUT2D eigenvalue weighted by atomic mass is 16.5. The van der Waals surface area contributed by atoms with Gasteiger partial charge in [0.25, 0.3) is 0 Å². The standard InChI is InChI=1S/C17H28N2O2/c1-19(12-10-15-7-5-6-11-18-15)13-14-21-17-9-4-3-8-16(17)20-2/h3-4,8-9,15,18H,5-7,10-14H2,1-2H3. The average Bonchev–Trinajstić information content (AvgIpc) is 2.54. The molecule has 1 aliphatic heterocycles. The fourth-order valence-electron chi connectivity index (χ4n) is 2.71. The van der Waals surface area contributed by atoms with Gasteiger partial charge in [0.1, 0.15) is 6.61 Å². The summed E-state index contributed by atoms with van der Waals surface area (Å²) < 4.78 is 11.1. The summed E-state index contributed by atoms with van der Waals surface area (Å²) in [5.41, 5.74) is 0. The van der Waals surface area contributed by atoms with Gasteiger partial charge in [0.15, 0.2) is 11.5 Å². The lowest BCUT2D eigenvalue weighted by molar-refractivity contribution is 0.220. The van der Waals surface area contributed by atoms with Gasteiger partial charge in [0, 0.05) is 12.6 Å². The van der Waals surface area contributed by atoms with Gasteiger partial charge >= 0.3 is 0 Å². The Morgan fingerprint density at radius 2 is 2.00 bits per heavy atom. The fraction of sp³-hybridized carbons (Fsp3) is 0.647. The molecule has 0 spiro atoms. The highest BCUT2D eigenvalue weighted by molar-refractivity contribution is 5.39. The molecule has 0 aliphatic carbocycles. The fourth-order valence-corrected chi connectivity index (χ4v) is 2.71. The van der Waals surface area contributed by atoms with E-state index in [1.54, 1.807) is 7.11 Å². The van der Waals surface area contributed by atoms with Gasteiger partial charge in [-0.15, -0.1) is 0 Å². The van der Waals surface area contributed by atoms with Gasteiger partial charge in [-0.05, 0) is 51.5 Å². The van der Waals surface area contributed by atoms with E-state index >= 15 is 0 Å². The molecule has 118 valence electrons. The van der Waals surface area contributed by atoms with Gasteiger partial charge in [-0.2, -0.15) is 0 Å². The number of piperidine rings is 1. The summed E-state index contributed by atoms with van der Waals surface area (Å²) in [6.45, 7) is 3.93. The van der Waals surface area contributed by atoms with Crippen molar-refractivity contribution < 1.29 is 9.47 Å². The SMILES string of the molecule is COc1ccccc1OCCN(C)CCC1CCCCN1. The molecule has 0 bridgehead atoms. The molecule has 1 aliphatic rings. The maximum atomic E-state index is 5.81. The van der Waals surface area contributed by atoms with Crippen LogP contribution in [0.3, 0.4) is 0 Å². The molecular weight excluding hydrogens is 264 g/mol. The quantitative estimate of drug-likeness (QED) is 0.798. The summed E-state index contributed by atoms with van der Waals surface area (Å²) in [4.78, 5) is 2.34. The van der Waals surface area contributed by atoms with Crippen molar-refractivity contribution in [2.24, 2.45) is 0 Å². The number of benzene rings is 1. The van der Waals surface area contributed by atoms with E-state index in [0.29, 0.717) is 12.6 Å². The second kappa shape index (κ2) is 8.90. The Bertz CT molecular complexity index is 406. The minimum Gasteiger partial charge on any atom is -0.493 e. The molecule has 4 nitrogen and oxygen atoms in total. The van der Waals surface area contributed by atoms with E-state index in [-0.39, 0.29) is 0 Å². The van der Waals surface area contributed by atoms with E-state index < -0.39 is 0 Å². The predicted molar refractivity (Wildman–Crippen MR) is 86.2 cm³/mol. The second-order valence-corrected chi connectivity index (χ2v) is 5.74. The minimum absolute atomic E-state index is 0.689. The highest BCUT2D eigenvalue weighted by Gasteiger charge is 2.13. The van der Waals surface area contributed by atoms with Crippen LogP contribution in [0.4, 0.5) is 0 Å². The normalized spacial score (nSPS) is 18.7. The Morgan fingerprint density at radius 1 is 1.19 bits per heavy atom. The van der Waals surface area contributed by atoms with E-state index in [1.807, 2.05) is 24.3 Å². The molecule has 1 atom stereocenters. The maximum Gasteiger partial charge on any atom is 0.161 e. The Balaban J connectivity index is 1.63. The summed E-state index contributed by atoms with van der Waals surface area (Å²) in [5, 5.41) is 3.60. The first-order chi connectivity index (χ1) is 10.3. The molecule has 21 heavy (non-hydrogen) atoms. The summed E-state index contributed by atoms with van der Waals surface area (Å²) in [7, 11) is 3.83. The molecule has 0 amide bonds. The van der Waals surface area contributed by atoms with Crippen LogP contribution in [0.15, 0.2) is 24.3 Å². The van der Waals surface area contributed by atoms with Crippen LogP contribution in [0.25, 0.3) is 0 Å². The maximum absolute atomic E-state index is 5.81. The smallest absolute Gasteiger partial charge is 0.161 e. The number of nitrogens with zero attached hydrogens (tertiary/aromatic N) is 1. The summed E-state index contributed by atoms with van der Waals surface area (Å²) in [6, 6.07) is 8.50. The van der Waals surface area contributed by atoms with Crippen molar-refractivity contribution in [3.8, 4) is 11.5 Å². The van der Waals surface area contributed by atoms with Crippen LogP contribution in [0.5, 0.6) is 11.5 Å². The first-order valence-corrected chi connectivity index (χ1v) is 7.97. The second-order valence-electron chi connectivity index (χ2n) is 5.74. The Hall–Kier alpha value is -1.26. The zero-order valence-corrected chi connectivity index (χ0v) is 13.3. The number of ether oxygens (including phenoxy) is 2. The van der Waals surface area contributed by atoms with Gasteiger partial charge < -0.3 is 19.7 Å². The molecule has 1 unspecified atom stereocenters. The minimum atomic E-state index is 0.689. The molecule has 1 N–H and O–H groups in total. The lowest BCUT2D eigenvalue weighted by atomic mass is 10.0. The summed E-state index contributed by atoms with van der Waals surface area (Å²) >= 11 is 0. The number of rotatable bonds is 8. The Morgan fingerprint density at radius 3 is 2.71 bits per heavy atom. The van der Waals surface area contributed by atoms with Crippen molar-refractivity contribution in [1.82, 2.24) is 10.2 Å². The van der Waals surface area contributed by atoms with Crippen LogP contribution in [0.1, 0.15) is 25.7 Å². The zero-order chi connectivity index (χ0) is 14.9. The van der Waals surface area contributed by atoms with Crippen molar-refractivity contribution in [3.63, 3.8) is 0 Å². The van der Waals surface area contributed by atoms with E-state index in [9.17, 15) is 0 Å². The molecule has 1 heterocycles. The number of hydrogen-bond acceptors (Lipinski definition) is 4. The number of likely N-dealkylation sites (N-methyl/N-ethyl adjacent to an activating group) is 1. The van der Waals surface area contributed by atoms with Gasteiger partial charge in [-0.3, -0.25) is 0 Å². The molecule has 0 radical (unpaired) electrons. The van der Waals surface area contributed by atoms with Crippen molar-refractivity contribution in [2.75, 3.05) is 40.4 Å². The van der Waals surface area contributed by atoms with E-state index in [4.69, 9.17) is 9.47 Å². The largest absolute Gasteiger partial charge is 0.493 e. The van der Waals surface area contributed by atoms with Crippen LogP contribution in [-0.4, -0.2) is 51.3 Å². The van der Waals surface area contributed by atoms with Crippen molar-refractivity contribution in [1.29, 1.82) is 0 Å². The Labute approximate surface area is 128 Å². The molecular formula is C17H28N2O2. The van der Waals surface area contributed by atoms with E-state index in [1.165, 1.54) is 32.2 Å². The monoisotopic (exact) mass is 292 g/mol. The van der Waals surface area contributed by atoms with Crippen molar-refractivity contribution >= 4 is 0 Å². The lowest BCUT2D eigenvalue weighted by Gasteiger charge is -2.26. The lowest BCUT2D eigenvalue weighted by Crippen LogP contribution is -2.37. The number of nitrogens with one attached hydrogen (secondary N) is 1. The van der Waals surface area contributed by atoms with Crippen LogP contribution in [0.2, 0.25) is 0 Å². The van der Waals surface area contributed by atoms with Gasteiger partial charge in [0.05, 0.1) is 7.11 Å². The molecule has 2 rings (SSSR count). The van der Waals surface area contributed by atoms with Gasteiger partial charge in [-0.25, -0.2) is 0 Å². The van der Waals surface area contributed by atoms with Crippen LogP contribution in [0, 0.1) is 0 Å². The topological polar surface area (TPSA) is 33.7 Å². The number of para-hydroxylation sites is 2. The third kappa shape index (κ3) is 5.56. The number of hydrogen-bond donors (Lipinski definition) is 1. The van der Waals surface area contributed by atoms with Crippen LogP contribution >= 0.6 is 0 Å². The molecule has 0 saturated carbocycles. The first-order valence-electron chi connectivity index (χ1n) is 7.97. The molecule has 1 saturated heterocycles. The third-order valence-electron chi connectivity index (χ3n) is 4.07. The van der Waals surface area contributed by atoms with Crippen LogP contribution < -0.4 is 14.8 Å². The average molecular weight is 292 g/mol. The third-order valence-corrected chi connectivity index (χ3v) is 4.07. The molecule has 1 aromatic rings. The molecule has 1 aromatic carbocycles. The summed E-state index contributed by atoms with van der Waals surface area (Å²) in [5.74, 6) is 1.62. The first kappa shape index (κ1) is 16.1. The van der Waals surface area contributed by atoms with E-state index in [2.05, 4.69) is 17.3 Å². The predicted octanol–water partition coefficient (Wildman–Crippen LogP) is 2.54. The van der Waals surface area contributed by atoms with Gasteiger partial charge in [-0.1, -0.05) is 18.6 Å². The zero-order valence-electron chi connectivity index (χ0n) is 13.3. The van der Waals surface area contributed by atoms with Crippen LogP contribution in [-0.2, 0) is 0 Å². The molecule has 0 aromatic heterocycles. The molecule has 1 fully saturated rings. The van der Waals surface area contributed by atoms with Crippen molar-refractivity contribution in [2.45, 2.75) is 31.7 Å². The Kier molecular flexibility index (Phi) is 6.83. The number of methoxy groups -OCH3 is 1.